The minimum Gasteiger partial charge on any atom is -0.350 e. The zero-order valence-corrected chi connectivity index (χ0v) is 9.26. The summed E-state index contributed by atoms with van der Waals surface area (Å²) in [6, 6.07) is 3.64. The number of aliphatic hydroxyl groups is 1. The fourth-order valence-corrected chi connectivity index (χ4v) is 1.87. The van der Waals surface area contributed by atoms with E-state index in [1.807, 2.05) is 17.5 Å². The zero-order valence-electron chi connectivity index (χ0n) is 8.44. The van der Waals surface area contributed by atoms with E-state index in [1.165, 1.54) is 17.4 Å². The molecule has 0 fully saturated rings. The number of allylic oxidation sites excluding steroid dienone is 1. The maximum Gasteiger partial charge on any atom is 0.458 e. The SMILES string of the molecule is O[C@]1(C(F)(F)F)CC(/C=C/c2cccs2)=NO1. The number of halogens is 3. The average Bonchev–Trinajstić information content (AvgIpc) is 2.83. The monoisotopic (exact) mass is 263 g/mol. The van der Waals surface area contributed by atoms with Crippen LogP contribution >= 0.6 is 11.3 Å². The molecular formula is C10H8F3NO2S. The molecule has 17 heavy (non-hydrogen) atoms. The van der Waals surface area contributed by atoms with Gasteiger partial charge in [-0.15, -0.1) is 11.3 Å². The molecule has 0 saturated heterocycles. The fraction of sp³-hybridized carbons (Fsp3) is 0.300. The van der Waals surface area contributed by atoms with Crippen LogP contribution in [0.3, 0.4) is 0 Å². The van der Waals surface area contributed by atoms with Gasteiger partial charge in [-0.25, -0.2) is 0 Å². The summed E-state index contributed by atoms with van der Waals surface area (Å²) in [6.07, 6.45) is -2.53. The molecule has 1 aliphatic rings. The van der Waals surface area contributed by atoms with Gasteiger partial charge in [0.05, 0.1) is 12.1 Å². The Kier molecular flexibility index (Phi) is 2.96. The van der Waals surface area contributed by atoms with Crippen LogP contribution in [0.4, 0.5) is 13.2 Å². The second-order valence-electron chi connectivity index (χ2n) is 3.48. The summed E-state index contributed by atoms with van der Waals surface area (Å²) in [5.41, 5.74) is 0.0539. The molecule has 1 aromatic heterocycles. The molecule has 3 nitrogen and oxygen atoms in total. The topological polar surface area (TPSA) is 41.8 Å². The molecule has 0 saturated carbocycles. The predicted octanol–water partition coefficient (Wildman–Crippen LogP) is 2.79. The Bertz CT molecular complexity index is 453. The van der Waals surface area contributed by atoms with Crippen molar-refractivity contribution in [1.29, 1.82) is 0 Å². The van der Waals surface area contributed by atoms with E-state index < -0.39 is 18.4 Å². The van der Waals surface area contributed by atoms with Crippen LogP contribution in [0.15, 0.2) is 28.7 Å². The van der Waals surface area contributed by atoms with E-state index in [4.69, 9.17) is 5.11 Å². The van der Waals surface area contributed by atoms with Crippen molar-refractivity contribution in [2.75, 3.05) is 0 Å². The Labute approximate surface area is 98.8 Å². The van der Waals surface area contributed by atoms with E-state index >= 15 is 0 Å². The molecule has 92 valence electrons. The van der Waals surface area contributed by atoms with Gasteiger partial charge in [0.15, 0.2) is 0 Å². The minimum atomic E-state index is -4.85. The van der Waals surface area contributed by atoms with Crippen molar-refractivity contribution in [3.05, 3.63) is 28.5 Å². The van der Waals surface area contributed by atoms with Crippen molar-refractivity contribution in [3.8, 4) is 0 Å². The lowest BCUT2D eigenvalue weighted by molar-refractivity contribution is -0.355. The molecule has 1 N–H and O–H groups in total. The molecule has 0 aliphatic carbocycles. The van der Waals surface area contributed by atoms with Crippen LogP contribution in [-0.4, -0.2) is 22.8 Å². The third-order valence-electron chi connectivity index (χ3n) is 2.16. The van der Waals surface area contributed by atoms with Gasteiger partial charge in [-0.2, -0.15) is 13.2 Å². The van der Waals surface area contributed by atoms with Crippen LogP contribution in [0.1, 0.15) is 11.3 Å². The second-order valence-corrected chi connectivity index (χ2v) is 4.46. The van der Waals surface area contributed by atoms with Gasteiger partial charge in [0.2, 0.25) is 0 Å². The quantitative estimate of drug-likeness (QED) is 0.891. The summed E-state index contributed by atoms with van der Waals surface area (Å²) in [5.74, 6) is -3.19. The van der Waals surface area contributed by atoms with E-state index in [0.29, 0.717) is 0 Å². The van der Waals surface area contributed by atoms with Crippen molar-refractivity contribution < 1.29 is 23.1 Å². The Morgan fingerprint density at radius 2 is 2.24 bits per heavy atom. The van der Waals surface area contributed by atoms with E-state index in [0.717, 1.165) is 4.88 Å². The van der Waals surface area contributed by atoms with Gasteiger partial charge in [-0.3, -0.25) is 0 Å². The van der Waals surface area contributed by atoms with Crippen molar-refractivity contribution in [3.63, 3.8) is 0 Å². The van der Waals surface area contributed by atoms with Gasteiger partial charge in [-0.1, -0.05) is 11.2 Å². The zero-order chi connectivity index (χ0) is 12.5. The highest BCUT2D eigenvalue weighted by Gasteiger charge is 2.60. The van der Waals surface area contributed by atoms with Crippen LogP contribution in [0.5, 0.6) is 0 Å². The number of hydrogen-bond donors (Lipinski definition) is 1. The third-order valence-corrected chi connectivity index (χ3v) is 3.00. The maximum atomic E-state index is 12.4. The van der Waals surface area contributed by atoms with Crippen molar-refractivity contribution >= 4 is 23.1 Å². The molecule has 1 aromatic rings. The normalized spacial score (nSPS) is 25.1. The second kappa shape index (κ2) is 4.15. The van der Waals surface area contributed by atoms with E-state index in [9.17, 15) is 13.2 Å². The fourth-order valence-electron chi connectivity index (χ4n) is 1.25. The molecule has 0 spiro atoms. The molecular weight excluding hydrogens is 255 g/mol. The summed E-state index contributed by atoms with van der Waals surface area (Å²) < 4.78 is 37.1. The Morgan fingerprint density at radius 3 is 2.76 bits per heavy atom. The number of nitrogens with zero attached hydrogens (tertiary/aromatic N) is 1. The Balaban J connectivity index is 2.03. The summed E-state index contributed by atoms with van der Waals surface area (Å²) >= 11 is 1.44. The minimum absolute atomic E-state index is 0.0539. The van der Waals surface area contributed by atoms with E-state index in [-0.39, 0.29) is 5.71 Å². The molecule has 0 aromatic carbocycles. The number of rotatable bonds is 2. The highest BCUT2D eigenvalue weighted by Crippen LogP contribution is 2.38. The smallest absolute Gasteiger partial charge is 0.350 e. The highest BCUT2D eigenvalue weighted by atomic mass is 32.1. The molecule has 0 bridgehead atoms. The number of hydrogen-bond acceptors (Lipinski definition) is 4. The van der Waals surface area contributed by atoms with Gasteiger partial charge in [0, 0.05) is 4.88 Å². The van der Waals surface area contributed by atoms with Gasteiger partial charge in [0.1, 0.15) is 0 Å². The van der Waals surface area contributed by atoms with Gasteiger partial charge < -0.3 is 9.94 Å². The van der Waals surface area contributed by atoms with Crippen LogP contribution in [0, 0.1) is 0 Å². The molecule has 1 aliphatic heterocycles. The van der Waals surface area contributed by atoms with E-state index in [2.05, 4.69) is 9.99 Å². The van der Waals surface area contributed by atoms with Gasteiger partial charge in [-0.05, 0) is 23.6 Å². The summed E-state index contributed by atoms with van der Waals surface area (Å²) in [7, 11) is 0. The lowest BCUT2D eigenvalue weighted by Crippen LogP contribution is -2.45. The molecule has 0 radical (unpaired) electrons. The molecule has 2 heterocycles. The molecule has 7 heteroatoms. The Morgan fingerprint density at radius 1 is 1.47 bits per heavy atom. The average molecular weight is 263 g/mol. The van der Waals surface area contributed by atoms with Crippen LogP contribution in [0.2, 0.25) is 0 Å². The first-order valence-electron chi connectivity index (χ1n) is 4.66. The first-order chi connectivity index (χ1) is 7.91. The van der Waals surface area contributed by atoms with Crippen molar-refractivity contribution in [1.82, 2.24) is 0 Å². The van der Waals surface area contributed by atoms with Crippen LogP contribution in [-0.2, 0) is 4.84 Å². The maximum absolute atomic E-state index is 12.4. The number of oxime groups is 1. The first kappa shape index (κ1) is 12.1. The van der Waals surface area contributed by atoms with Crippen LogP contribution in [0.25, 0.3) is 6.08 Å². The number of alkyl halides is 3. The largest absolute Gasteiger partial charge is 0.458 e. The predicted molar refractivity (Wildman–Crippen MR) is 57.5 cm³/mol. The van der Waals surface area contributed by atoms with Gasteiger partial charge in [0.25, 0.3) is 0 Å². The molecule has 0 amide bonds. The summed E-state index contributed by atoms with van der Waals surface area (Å²) in [6.45, 7) is 0. The molecule has 2 rings (SSSR count). The van der Waals surface area contributed by atoms with Gasteiger partial charge >= 0.3 is 12.0 Å². The standard InChI is InChI=1S/C10H8F3NO2S/c11-10(12,13)9(15)6-7(14-16-9)3-4-8-2-1-5-17-8/h1-5,15H,6H2/b4-3+/t9-/m1/s1. The third kappa shape index (κ3) is 2.50. The summed E-state index contributed by atoms with van der Waals surface area (Å²) in [4.78, 5) is 4.94. The Hall–Kier alpha value is -1.34. The van der Waals surface area contributed by atoms with Crippen LogP contribution < -0.4 is 0 Å². The van der Waals surface area contributed by atoms with E-state index in [1.54, 1.807) is 6.08 Å². The van der Waals surface area contributed by atoms with Crippen molar-refractivity contribution in [2.45, 2.75) is 18.4 Å². The highest BCUT2D eigenvalue weighted by molar-refractivity contribution is 7.10. The number of thiophene rings is 1. The van der Waals surface area contributed by atoms with Crippen molar-refractivity contribution in [2.24, 2.45) is 5.16 Å². The lowest BCUT2D eigenvalue weighted by Gasteiger charge is -2.22. The molecule has 0 unspecified atom stereocenters. The molecule has 1 atom stereocenters. The first-order valence-corrected chi connectivity index (χ1v) is 5.54. The lowest BCUT2D eigenvalue weighted by atomic mass is 10.1. The summed E-state index contributed by atoms with van der Waals surface area (Å²) in [5, 5.41) is 14.2.